The third kappa shape index (κ3) is 6.97. The molecule has 1 aromatic heterocycles. The van der Waals surface area contributed by atoms with E-state index in [1.54, 1.807) is 18.2 Å². The topological polar surface area (TPSA) is 76.6 Å². The van der Waals surface area contributed by atoms with Crippen molar-refractivity contribution in [2.45, 2.75) is 78.3 Å². The summed E-state index contributed by atoms with van der Waals surface area (Å²) in [5, 5.41) is 11.6. The van der Waals surface area contributed by atoms with E-state index >= 15 is 0 Å². The second kappa shape index (κ2) is 12.7. The lowest BCUT2D eigenvalue weighted by atomic mass is 10.1. The normalized spacial score (nSPS) is 11.5. The predicted molar refractivity (Wildman–Crippen MR) is 129 cm³/mol. The zero-order valence-corrected chi connectivity index (χ0v) is 19.8. The molecule has 0 aliphatic rings. The number of hydrogen-bond donors (Lipinski definition) is 1. The highest BCUT2D eigenvalue weighted by molar-refractivity contribution is 6.35. The molecule has 0 amide bonds. The van der Waals surface area contributed by atoms with Crippen LogP contribution in [0, 0.1) is 0 Å². The van der Waals surface area contributed by atoms with Gasteiger partial charge in [0, 0.05) is 24.3 Å². The van der Waals surface area contributed by atoms with E-state index in [1.165, 1.54) is 28.2 Å². The number of hydrogen-bond acceptors (Lipinski definition) is 4. The van der Waals surface area contributed by atoms with E-state index in [1.807, 2.05) is 6.92 Å². The minimum absolute atomic E-state index is 0.0299. The Balaban J connectivity index is 2.39. The van der Waals surface area contributed by atoms with Crippen molar-refractivity contribution < 1.29 is 5.11 Å². The van der Waals surface area contributed by atoms with Crippen molar-refractivity contribution in [3.63, 3.8) is 0 Å². The Kier molecular flexibility index (Phi) is 10.3. The van der Waals surface area contributed by atoms with Gasteiger partial charge < -0.3 is 5.11 Å². The first-order chi connectivity index (χ1) is 14.9. The van der Waals surface area contributed by atoms with Crippen LogP contribution in [0.3, 0.4) is 0 Å². The van der Waals surface area contributed by atoms with Crippen molar-refractivity contribution in [2.75, 3.05) is 0 Å². The fraction of sp³-hybridized carbons (Fsp3) is 0.522. The van der Waals surface area contributed by atoms with Crippen LogP contribution in [0.2, 0.25) is 10.0 Å². The molecule has 0 fully saturated rings. The Bertz CT molecular complexity index is 1010. The van der Waals surface area contributed by atoms with Crippen LogP contribution < -0.4 is 11.2 Å². The van der Waals surface area contributed by atoms with Crippen LogP contribution in [-0.2, 0) is 13.1 Å². The Morgan fingerprint density at radius 3 is 2.29 bits per heavy atom. The van der Waals surface area contributed by atoms with Gasteiger partial charge in [-0.3, -0.25) is 18.9 Å². The number of halogens is 2. The molecule has 0 saturated heterocycles. The maximum atomic E-state index is 12.9. The number of rotatable bonds is 12. The average Bonchev–Trinajstić information content (AvgIpc) is 2.74. The number of benzene rings is 1. The summed E-state index contributed by atoms with van der Waals surface area (Å²) < 4.78 is 2.46. The Morgan fingerprint density at radius 2 is 1.58 bits per heavy atom. The number of aromatic hydroxyl groups is 1. The molecule has 0 bridgehead atoms. The summed E-state index contributed by atoms with van der Waals surface area (Å²) in [6.07, 6.45) is 9.10. The zero-order chi connectivity index (χ0) is 22.8. The van der Waals surface area contributed by atoms with Crippen molar-refractivity contribution in [2.24, 2.45) is 4.99 Å². The lowest BCUT2D eigenvalue weighted by molar-refractivity contribution is 0.378. The Hall–Kier alpha value is -2.05. The summed E-state index contributed by atoms with van der Waals surface area (Å²) in [5.41, 5.74) is -0.695. The molecule has 2 aromatic rings. The van der Waals surface area contributed by atoms with E-state index in [0.29, 0.717) is 35.2 Å². The number of nitrogens with zero attached hydrogens (tertiary/aromatic N) is 3. The first kappa shape index (κ1) is 25.2. The number of aliphatic imine (C=N–C) groups is 1. The highest BCUT2D eigenvalue weighted by Crippen LogP contribution is 2.28. The summed E-state index contributed by atoms with van der Waals surface area (Å²) in [4.78, 5) is 30.1. The molecule has 0 spiro atoms. The van der Waals surface area contributed by atoms with E-state index in [0.717, 1.165) is 32.1 Å². The summed E-state index contributed by atoms with van der Waals surface area (Å²) in [7, 11) is 0. The largest absolute Gasteiger partial charge is 0.494 e. The second-order valence-corrected chi connectivity index (χ2v) is 8.45. The molecule has 31 heavy (non-hydrogen) atoms. The lowest BCUT2D eigenvalue weighted by Crippen LogP contribution is -2.41. The van der Waals surface area contributed by atoms with E-state index in [-0.39, 0.29) is 11.4 Å². The van der Waals surface area contributed by atoms with Gasteiger partial charge in [0.15, 0.2) is 0 Å². The van der Waals surface area contributed by atoms with Gasteiger partial charge in [-0.2, -0.15) is 0 Å². The molecule has 6 nitrogen and oxygen atoms in total. The maximum absolute atomic E-state index is 12.9. The number of aromatic nitrogens is 2. The summed E-state index contributed by atoms with van der Waals surface area (Å²) >= 11 is 12.1. The third-order valence-electron chi connectivity index (χ3n) is 5.15. The molecule has 170 valence electrons. The van der Waals surface area contributed by atoms with Crippen molar-refractivity contribution in [1.82, 2.24) is 9.13 Å². The van der Waals surface area contributed by atoms with Gasteiger partial charge in [0.25, 0.3) is 5.56 Å². The number of unbranched alkanes of at least 4 members (excludes halogenated alkanes) is 6. The van der Waals surface area contributed by atoms with Gasteiger partial charge in [0.2, 0.25) is 5.88 Å². The molecule has 1 aromatic carbocycles. The zero-order valence-electron chi connectivity index (χ0n) is 18.2. The average molecular weight is 468 g/mol. The van der Waals surface area contributed by atoms with Crippen LogP contribution in [0.15, 0.2) is 32.8 Å². The maximum Gasteiger partial charge on any atom is 0.333 e. The molecule has 0 atom stereocenters. The van der Waals surface area contributed by atoms with Crippen LogP contribution in [0.4, 0.5) is 5.69 Å². The van der Waals surface area contributed by atoms with Gasteiger partial charge in [-0.15, -0.1) is 0 Å². The van der Waals surface area contributed by atoms with Crippen LogP contribution in [0.25, 0.3) is 0 Å². The van der Waals surface area contributed by atoms with Crippen molar-refractivity contribution in [1.29, 1.82) is 0 Å². The van der Waals surface area contributed by atoms with Gasteiger partial charge in [-0.25, -0.2) is 4.79 Å². The molecule has 0 unspecified atom stereocenters. The van der Waals surface area contributed by atoms with Gasteiger partial charge in [-0.1, -0.05) is 75.6 Å². The Labute approximate surface area is 193 Å². The fourth-order valence-corrected chi connectivity index (χ4v) is 3.64. The van der Waals surface area contributed by atoms with Gasteiger partial charge in [0.05, 0.1) is 10.7 Å². The highest BCUT2D eigenvalue weighted by Gasteiger charge is 2.17. The van der Waals surface area contributed by atoms with E-state index in [2.05, 4.69) is 11.9 Å². The van der Waals surface area contributed by atoms with Crippen molar-refractivity contribution in [3.05, 3.63) is 54.6 Å². The minimum atomic E-state index is -0.558. The summed E-state index contributed by atoms with van der Waals surface area (Å²) in [5.74, 6) is -0.363. The standard InChI is InChI=1S/C23H31Cl2N3O3/c1-3-5-7-8-9-10-14-28-22(30)18(21(29)27(23(28)31)13-6-4-2)16-26-20-15-17(24)11-12-19(20)25/h11-12,15-16,30H,3-10,13-14H2,1-2H3. The molecule has 0 radical (unpaired) electrons. The molecule has 0 aliphatic carbocycles. The van der Waals surface area contributed by atoms with Crippen LogP contribution >= 0.6 is 23.2 Å². The van der Waals surface area contributed by atoms with Crippen LogP contribution in [-0.4, -0.2) is 20.5 Å². The van der Waals surface area contributed by atoms with Crippen molar-refractivity contribution >= 4 is 35.1 Å². The molecule has 0 aliphatic heterocycles. The lowest BCUT2D eigenvalue weighted by Gasteiger charge is -2.14. The third-order valence-corrected chi connectivity index (χ3v) is 5.70. The molecule has 0 saturated carbocycles. The predicted octanol–water partition coefficient (Wildman–Crippen LogP) is 5.93. The SMILES string of the molecule is CCCCCCCCn1c(O)c(C=Nc2cc(Cl)ccc2Cl)c(=O)n(CCCC)c1=O. The van der Waals surface area contributed by atoms with Gasteiger partial charge in [-0.05, 0) is 31.0 Å². The molecule has 1 N–H and O–H groups in total. The quantitative estimate of drug-likeness (QED) is 0.310. The Morgan fingerprint density at radius 1 is 0.935 bits per heavy atom. The molecular formula is C23H31Cl2N3O3. The fourth-order valence-electron chi connectivity index (χ4n) is 3.31. The van der Waals surface area contributed by atoms with E-state index in [9.17, 15) is 14.7 Å². The summed E-state index contributed by atoms with van der Waals surface area (Å²) in [6.45, 7) is 4.80. The second-order valence-electron chi connectivity index (χ2n) is 7.60. The van der Waals surface area contributed by atoms with Crippen LogP contribution in [0.1, 0.15) is 70.8 Å². The highest BCUT2D eigenvalue weighted by atomic mass is 35.5. The van der Waals surface area contributed by atoms with Crippen molar-refractivity contribution in [3.8, 4) is 5.88 Å². The molecule has 1 heterocycles. The van der Waals surface area contributed by atoms with E-state index in [4.69, 9.17) is 23.2 Å². The first-order valence-corrected chi connectivity index (χ1v) is 11.7. The minimum Gasteiger partial charge on any atom is -0.494 e. The van der Waals surface area contributed by atoms with Gasteiger partial charge >= 0.3 is 5.69 Å². The van der Waals surface area contributed by atoms with E-state index < -0.39 is 11.2 Å². The molecule has 2 rings (SSSR count). The smallest absolute Gasteiger partial charge is 0.333 e. The summed E-state index contributed by atoms with van der Waals surface area (Å²) in [6, 6.07) is 4.81. The van der Waals surface area contributed by atoms with Crippen LogP contribution in [0.5, 0.6) is 5.88 Å². The molecule has 8 heteroatoms. The monoisotopic (exact) mass is 467 g/mol. The van der Waals surface area contributed by atoms with Gasteiger partial charge in [0.1, 0.15) is 5.56 Å². The first-order valence-electron chi connectivity index (χ1n) is 11.0. The molecular weight excluding hydrogens is 437 g/mol.